The molecule has 3 rings (SSSR count). The lowest BCUT2D eigenvalue weighted by Gasteiger charge is -2.32. The molecular weight excluding hydrogens is 370 g/mol. The Hall–Kier alpha value is -2.31. The van der Waals surface area contributed by atoms with Gasteiger partial charge in [0, 0.05) is 24.8 Å². The Morgan fingerprint density at radius 3 is 2.48 bits per heavy atom. The van der Waals surface area contributed by atoms with Crippen molar-refractivity contribution in [3.63, 3.8) is 0 Å². The van der Waals surface area contributed by atoms with E-state index in [4.69, 9.17) is 9.47 Å². The lowest BCUT2D eigenvalue weighted by atomic mass is 9.92. The molecule has 7 heteroatoms. The SMILES string of the molecule is Cc1ccc(OC2CCC(NC(=O)C3CCCN3C(=O)OC(C)(C)C)CC2)nc1. The summed E-state index contributed by atoms with van der Waals surface area (Å²) in [7, 11) is 0. The number of nitrogens with one attached hydrogen (secondary N) is 1. The Morgan fingerprint density at radius 1 is 1.14 bits per heavy atom. The topological polar surface area (TPSA) is 80.8 Å². The van der Waals surface area contributed by atoms with Crippen molar-refractivity contribution in [3.05, 3.63) is 23.9 Å². The van der Waals surface area contributed by atoms with Gasteiger partial charge in [0.1, 0.15) is 17.7 Å². The van der Waals surface area contributed by atoms with E-state index in [0.29, 0.717) is 18.8 Å². The summed E-state index contributed by atoms with van der Waals surface area (Å²) in [6.45, 7) is 8.07. The first kappa shape index (κ1) is 21.4. The molecule has 1 aromatic rings. The second-order valence-electron chi connectivity index (χ2n) is 9.11. The normalized spacial score (nSPS) is 24.8. The zero-order valence-corrected chi connectivity index (χ0v) is 17.9. The maximum atomic E-state index is 12.8. The molecule has 160 valence electrons. The van der Waals surface area contributed by atoms with Crippen LogP contribution in [-0.4, -0.2) is 52.2 Å². The van der Waals surface area contributed by atoms with E-state index >= 15 is 0 Å². The molecule has 1 unspecified atom stereocenters. The number of pyridine rings is 1. The molecule has 1 atom stereocenters. The number of hydrogen-bond donors (Lipinski definition) is 1. The van der Waals surface area contributed by atoms with Crippen LogP contribution in [0.3, 0.4) is 0 Å². The van der Waals surface area contributed by atoms with Gasteiger partial charge in [0.25, 0.3) is 0 Å². The minimum atomic E-state index is -0.564. The van der Waals surface area contributed by atoms with E-state index in [-0.39, 0.29) is 18.1 Å². The van der Waals surface area contributed by atoms with Gasteiger partial charge < -0.3 is 14.8 Å². The molecular formula is C22H33N3O4. The highest BCUT2D eigenvalue weighted by Crippen LogP contribution is 2.25. The van der Waals surface area contributed by atoms with E-state index in [1.54, 1.807) is 11.1 Å². The Labute approximate surface area is 173 Å². The summed E-state index contributed by atoms with van der Waals surface area (Å²) in [4.78, 5) is 31.1. The number of likely N-dealkylation sites (tertiary alicyclic amines) is 1. The molecule has 0 bridgehead atoms. The fourth-order valence-corrected chi connectivity index (χ4v) is 3.90. The van der Waals surface area contributed by atoms with E-state index in [2.05, 4.69) is 10.3 Å². The van der Waals surface area contributed by atoms with E-state index in [1.165, 1.54) is 0 Å². The number of ether oxygens (including phenoxy) is 2. The van der Waals surface area contributed by atoms with Gasteiger partial charge >= 0.3 is 6.09 Å². The standard InChI is InChI=1S/C22H33N3O4/c1-15-7-12-19(23-14-15)28-17-10-8-16(9-11-17)24-20(26)18-6-5-13-25(18)21(27)29-22(2,3)4/h7,12,14,16-18H,5-6,8-11,13H2,1-4H3,(H,24,26). The van der Waals surface area contributed by atoms with Crippen molar-refractivity contribution < 1.29 is 19.1 Å². The molecule has 29 heavy (non-hydrogen) atoms. The van der Waals surface area contributed by atoms with Gasteiger partial charge in [0.05, 0.1) is 0 Å². The van der Waals surface area contributed by atoms with Gasteiger partial charge in [-0.3, -0.25) is 9.69 Å². The smallest absolute Gasteiger partial charge is 0.410 e. The van der Waals surface area contributed by atoms with Crippen LogP contribution in [0, 0.1) is 6.92 Å². The summed E-state index contributed by atoms with van der Waals surface area (Å²) in [6, 6.07) is 3.57. The van der Waals surface area contributed by atoms with Crippen LogP contribution in [0.25, 0.3) is 0 Å². The molecule has 2 fully saturated rings. The molecule has 2 heterocycles. The highest BCUT2D eigenvalue weighted by atomic mass is 16.6. The van der Waals surface area contributed by atoms with Crippen molar-refractivity contribution in [2.24, 2.45) is 0 Å². The van der Waals surface area contributed by atoms with E-state index in [0.717, 1.165) is 37.7 Å². The van der Waals surface area contributed by atoms with Crippen molar-refractivity contribution in [1.29, 1.82) is 0 Å². The summed E-state index contributed by atoms with van der Waals surface area (Å²) < 4.78 is 11.4. The van der Waals surface area contributed by atoms with Crippen LogP contribution in [0.1, 0.15) is 64.9 Å². The number of rotatable bonds is 4. The second-order valence-corrected chi connectivity index (χ2v) is 9.11. The van der Waals surface area contributed by atoms with Crippen molar-refractivity contribution in [2.75, 3.05) is 6.54 Å². The third kappa shape index (κ3) is 6.08. The predicted molar refractivity (Wildman–Crippen MR) is 110 cm³/mol. The minimum Gasteiger partial charge on any atom is -0.474 e. The Morgan fingerprint density at radius 2 is 1.86 bits per heavy atom. The van der Waals surface area contributed by atoms with Crippen molar-refractivity contribution in [3.8, 4) is 5.88 Å². The van der Waals surface area contributed by atoms with E-state index in [1.807, 2.05) is 39.8 Å². The fraction of sp³-hybridized carbons (Fsp3) is 0.682. The number of nitrogens with zero attached hydrogens (tertiary/aromatic N) is 2. The average Bonchev–Trinajstić information content (AvgIpc) is 3.14. The summed E-state index contributed by atoms with van der Waals surface area (Å²) in [5.74, 6) is 0.583. The summed E-state index contributed by atoms with van der Waals surface area (Å²) >= 11 is 0. The molecule has 1 aromatic heterocycles. The zero-order chi connectivity index (χ0) is 21.0. The van der Waals surface area contributed by atoms with Gasteiger partial charge in [-0.1, -0.05) is 6.07 Å². The third-order valence-electron chi connectivity index (χ3n) is 5.38. The molecule has 1 N–H and O–H groups in total. The maximum Gasteiger partial charge on any atom is 0.410 e. The molecule has 0 radical (unpaired) electrons. The van der Waals surface area contributed by atoms with Gasteiger partial charge in [-0.15, -0.1) is 0 Å². The Kier molecular flexibility index (Phi) is 6.65. The quantitative estimate of drug-likeness (QED) is 0.831. The molecule has 1 aliphatic heterocycles. The zero-order valence-electron chi connectivity index (χ0n) is 17.9. The Balaban J connectivity index is 1.46. The third-order valence-corrected chi connectivity index (χ3v) is 5.38. The van der Waals surface area contributed by atoms with Crippen LogP contribution in [-0.2, 0) is 9.53 Å². The largest absolute Gasteiger partial charge is 0.474 e. The van der Waals surface area contributed by atoms with Gasteiger partial charge in [-0.05, 0) is 71.8 Å². The summed E-state index contributed by atoms with van der Waals surface area (Å²) in [5, 5.41) is 3.14. The maximum absolute atomic E-state index is 12.8. The number of aromatic nitrogens is 1. The number of carbonyl (C=O) groups excluding carboxylic acids is 2. The molecule has 1 aliphatic carbocycles. The Bertz CT molecular complexity index is 706. The van der Waals surface area contributed by atoms with Gasteiger partial charge in [-0.2, -0.15) is 0 Å². The highest BCUT2D eigenvalue weighted by molar-refractivity contribution is 5.86. The lowest BCUT2D eigenvalue weighted by molar-refractivity contribution is -0.126. The van der Waals surface area contributed by atoms with Crippen molar-refractivity contribution in [1.82, 2.24) is 15.2 Å². The van der Waals surface area contributed by atoms with Gasteiger partial charge in [-0.25, -0.2) is 9.78 Å². The molecule has 2 aliphatic rings. The van der Waals surface area contributed by atoms with Crippen LogP contribution in [0.15, 0.2) is 18.3 Å². The molecule has 1 saturated heterocycles. The first-order chi connectivity index (χ1) is 13.7. The van der Waals surface area contributed by atoms with Gasteiger partial charge in [0.15, 0.2) is 0 Å². The van der Waals surface area contributed by atoms with Crippen LogP contribution < -0.4 is 10.1 Å². The van der Waals surface area contributed by atoms with Crippen LogP contribution >= 0.6 is 0 Å². The first-order valence-electron chi connectivity index (χ1n) is 10.6. The summed E-state index contributed by atoms with van der Waals surface area (Å²) in [5.41, 5.74) is 0.543. The molecule has 2 amide bonds. The molecule has 1 saturated carbocycles. The van der Waals surface area contributed by atoms with Crippen LogP contribution in [0.2, 0.25) is 0 Å². The van der Waals surface area contributed by atoms with E-state index < -0.39 is 17.7 Å². The number of aryl methyl sites for hydroxylation is 1. The molecule has 7 nitrogen and oxygen atoms in total. The number of amides is 2. The second kappa shape index (κ2) is 9.01. The average molecular weight is 404 g/mol. The van der Waals surface area contributed by atoms with E-state index in [9.17, 15) is 9.59 Å². The van der Waals surface area contributed by atoms with Crippen molar-refractivity contribution >= 4 is 12.0 Å². The summed E-state index contributed by atoms with van der Waals surface area (Å²) in [6.07, 6.45) is 6.51. The highest BCUT2D eigenvalue weighted by Gasteiger charge is 2.37. The first-order valence-corrected chi connectivity index (χ1v) is 10.6. The van der Waals surface area contributed by atoms with Crippen LogP contribution in [0.5, 0.6) is 5.88 Å². The van der Waals surface area contributed by atoms with Crippen molar-refractivity contribution in [2.45, 2.75) is 90.0 Å². The molecule has 0 spiro atoms. The minimum absolute atomic E-state index is 0.0714. The fourth-order valence-electron chi connectivity index (χ4n) is 3.90. The monoisotopic (exact) mass is 403 g/mol. The predicted octanol–water partition coefficient (Wildman–Crippen LogP) is 3.60. The van der Waals surface area contributed by atoms with Crippen LogP contribution in [0.4, 0.5) is 4.79 Å². The molecule has 0 aromatic carbocycles. The number of hydrogen-bond acceptors (Lipinski definition) is 5. The van der Waals surface area contributed by atoms with Gasteiger partial charge in [0.2, 0.25) is 11.8 Å². The number of carbonyl (C=O) groups is 2. The lowest BCUT2D eigenvalue weighted by Crippen LogP contribution is -2.50.